The van der Waals surface area contributed by atoms with Crippen LogP contribution in [0.5, 0.6) is 5.75 Å². The van der Waals surface area contributed by atoms with Crippen molar-refractivity contribution in [3.05, 3.63) is 41.3 Å². The number of hydrogen-bond donors (Lipinski definition) is 1. The maximum atomic E-state index is 11.8. The molecule has 0 radical (unpaired) electrons. The van der Waals surface area contributed by atoms with E-state index < -0.39 is 0 Å². The monoisotopic (exact) mass is 315 g/mol. The molecule has 2 aromatic heterocycles. The normalized spacial score (nSPS) is 10.2. The predicted molar refractivity (Wildman–Crippen MR) is 82.8 cm³/mol. The summed E-state index contributed by atoms with van der Waals surface area (Å²) in [5, 5.41) is 14.0. The number of anilines is 1. The molecular weight excluding hydrogens is 306 g/mol. The van der Waals surface area contributed by atoms with Crippen molar-refractivity contribution < 1.29 is 9.53 Å². The highest BCUT2D eigenvalue weighted by molar-refractivity contribution is 7.39. The lowest BCUT2D eigenvalue weighted by molar-refractivity contribution is -0.118. The SMILES string of the molecule is N#Cc1cccc(OCC(=O)Nc2nc3ccsc3s2)c1. The molecule has 21 heavy (non-hydrogen) atoms. The van der Waals surface area contributed by atoms with E-state index in [9.17, 15) is 4.79 Å². The van der Waals surface area contributed by atoms with Gasteiger partial charge in [0.15, 0.2) is 11.7 Å². The number of benzene rings is 1. The molecule has 3 aromatic rings. The maximum Gasteiger partial charge on any atom is 0.264 e. The third kappa shape index (κ3) is 3.18. The third-order valence-corrected chi connectivity index (χ3v) is 4.62. The van der Waals surface area contributed by atoms with E-state index in [0.717, 1.165) is 9.53 Å². The van der Waals surface area contributed by atoms with Crippen molar-refractivity contribution in [1.29, 1.82) is 5.26 Å². The molecule has 3 rings (SSSR count). The average molecular weight is 315 g/mol. The highest BCUT2D eigenvalue weighted by Gasteiger charge is 2.09. The molecule has 2 heterocycles. The van der Waals surface area contributed by atoms with Crippen molar-refractivity contribution in [2.75, 3.05) is 11.9 Å². The number of nitrogens with one attached hydrogen (secondary N) is 1. The van der Waals surface area contributed by atoms with Crippen LogP contribution in [0.25, 0.3) is 9.53 Å². The second-order valence-electron chi connectivity index (χ2n) is 4.09. The molecule has 0 atom stereocenters. The van der Waals surface area contributed by atoms with E-state index in [-0.39, 0.29) is 12.5 Å². The van der Waals surface area contributed by atoms with Crippen molar-refractivity contribution >= 4 is 43.2 Å². The van der Waals surface area contributed by atoms with Crippen LogP contribution in [0.1, 0.15) is 5.56 Å². The molecule has 1 amide bonds. The number of thiazole rings is 1. The molecule has 104 valence electrons. The van der Waals surface area contributed by atoms with Crippen LogP contribution in [-0.2, 0) is 4.79 Å². The first-order valence-corrected chi connectivity index (χ1v) is 7.71. The van der Waals surface area contributed by atoms with E-state index >= 15 is 0 Å². The number of nitriles is 1. The molecule has 0 aliphatic carbocycles. The van der Waals surface area contributed by atoms with Crippen LogP contribution in [0.4, 0.5) is 5.13 Å². The summed E-state index contributed by atoms with van der Waals surface area (Å²) in [6.45, 7) is -0.123. The van der Waals surface area contributed by atoms with Crippen LogP contribution >= 0.6 is 22.7 Å². The molecule has 7 heteroatoms. The summed E-state index contributed by atoms with van der Waals surface area (Å²) in [7, 11) is 0. The Kier molecular flexibility index (Phi) is 3.81. The number of aromatic nitrogens is 1. The first-order chi connectivity index (χ1) is 10.2. The number of amides is 1. The number of hydrogen-bond acceptors (Lipinski definition) is 6. The van der Waals surface area contributed by atoms with Crippen LogP contribution in [-0.4, -0.2) is 17.5 Å². The van der Waals surface area contributed by atoms with Crippen molar-refractivity contribution in [2.24, 2.45) is 0 Å². The molecule has 1 N–H and O–H groups in total. The second-order valence-corrected chi connectivity index (χ2v) is 6.26. The topological polar surface area (TPSA) is 75.0 Å². The van der Waals surface area contributed by atoms with Crippen molar-refractivity contribution in [3.63, 3.8) is 0 Å². The molecule has 1 aromatic carbocycles. The molecule has 0 fully saturated rings. The summed E-state index contributed by atoms with van der Waals surface area (Å²) in [5.41, 5.74) is 1.39. The number of thiophene rings is 1. The van der Waals surface area contributed by atoms with Gasteiger partial charge >= 0.3 is 0 Å². The van der Waals surface area contributed by atoms with Gasteiger partial charge < -0.3 is 4.74 Å². The van der Waals surface area contributed by atoms with Gasteiger partial charge in [-0.2, -0.15) is 5.26 Å². The number of fused-ring (bicyclic) bond motifs is 1. The highest BCUT2D eigenvalue weighted by Crippen LogP contribution is 2.30. The molecule has 5 nitrogen and oxygen atoms in total. The zero-order valence-electron chi connectivity index (χ0n) is 10.7. The summed E-state index contributed by atoms with van der Waals surface area (Å²) in [5.74, 6) is 0.211. The van der Waals surface area contributed by atoms with Crippen LogP contribution < -0.4 is 10.1 Å². The number of rotatable bonds is 4. The highest BCUT2D eigenvalue weighted by atomic mass is 32.2. The Balaban J connectivity index is 1.59. The minimum atomic E-state index is -0.279. The van der Waals surface area contributed by atoms with Gasteiger partial charge in [0.05, 0.1) is 17.1 Å². The van der Waals surface area contributed by atoms with E-state index in [4.69, 9.17) is 10.00 Å². The summed E-state index contributed by atoms with van der Waals surface area (Å²) in [4.78, 5) is 16.1. The number of carbonyl (C=O) groups excluding carboxylic acids is 1. The van der Waals surface area contributed by atoms with Crippen molar-refractivity contribution in [1.82, 2.24) is 4.98 Å². The quantitative estimate of drug-likeness (QED) is 0.802. The van der Waals surface area contributed by atoms with Gasteiger partial charge in [-0.3, -0.25) is 10.1 Å². The van der Waals surface area contributed by atoms with Crippen LogP contribution in [0, 0.1) is 11.3 Å². The van der Waals surface area contributed by atoms with Crippen LogP contribution in [0.3, 0.4) is 0 Å². The molecule has 0 bridgehead atoms. The molecule has 0 spiro atoms. The van der Waals surface area contributed by atoms with Gasteiger partial charge in [-0.05, 0) is 29.6 Å². The molecule has 0 unspecified atom stereocenters. The van der Waals surface area contributed by atoms with E-state index in [1.54, 1.807) is 35.6 Å². The minimum Gasteiger partial charge on any atom is -0.484 e. The van der Waals surface area contributed by atoms with Gasteiger partial charge in [0.2, 0.25) is 0 Å². The van der Waals surface area contributed by atoms with Gasteiger partial charge in [-0.15, -0.1) is 11.3 Å². The lowest BCUT2D eigenvalue weighted by Crippen LogP contribution is -2.20. The van der Waals surface area contributed by atoms with Gasteiger partial charge in [0, 0.05) is 0 Å². The Labute approximate surface area is 128 Å². The molecule has 0 aliphatic heterocycles. The molecular formula is C14H9N3O2S2. The lowest BCUT2D eigenvalue weighted by Gasteiger charge is -2.05. The van der Waals surface area contributed by atoms with E-state index in [1.165, 1.54) is 11.3 Å². The Morgan fingerprint density at radius 1 is 1.43 bits per heavy atom. The fraction of sp³-hybridized carbons (Fsp3) is 0.0714. The number of carbonyl (C=O) groups is 1. The van der Waals surface area contributed by atoms with Gasteiger partial charge in [0.1, 0.15) is 9.76 Å². The van der Waals surface area contributed by atoms with E-state index in [0.29, 0.717) is 16.4 Å². The van der Waals surface area contributed by atoms with Crippen molar-refractivity contribution in [2.45, 2.75) is 0 Å². The van der Waals surface area contributed by atoms with Crippen molar-refractivity contribution in [3.8, 4) is 11.8 Å². The van der Waals surface area contributed by atoms with Gasteiger partial charge in [-0.25, -0.2) is 4.98 Å². The summed E-state index contributed by atoms with van der Waals surface area (Å²) >= 11 is 3.03. The van der Waals surface area contributed by atoms with Gasteiger partial charge in [0.25, 0.3) is 5.91 Å². The lowest BCUT2D eigenvalue weighted by atomic mass is 10.2. The fourth-order valence-corrected chi connectivity index (χ4v) is 3.53. The molecule has 0 aliphatic rings. The fourth-order valence-electron chi connectivity index (χ4n) is 1.68. The zero-order valence-corrected chi connectivity index (χ0v) is 12.3. The van der Waals surface area contributed by atoms with Gasteiger partial charge in [-0.1, -0.05) is 17.4 Å². The predicted octanol–water partition coefficient (Wildman–Crippen LogP) is 3.25. The smallest absolute Gasteiger partial charge is 0.264 e. The summed E-state index contributed by atoms with van der Waals surface area (Å²) in [6.07, 6.45) is 0. The maximum absolute atomic E-state index is 11.8. The first kappa shape index (κ1) is 13.5. The average Bonchev–Trinajstić information content (AvgIpc) is 3.06. The standard InChI is InChI=1S/C14H9N3O2S2/c15-7-9-2-1-3-10(6-9)19-8-12(18)17-14-16-11-4-5-20-13(11)21-14/h1-6H,8H2,(H,16,17,18). The molecule has 0 saturated carbocycles. The summed E-state index contributed by atoms with van der Waals surface area (Å²) < 4.78 is 6.43. The first-order valence-electron chi connectivity index (χ1n) is 6.01. The Hall–Kier alpha value is -2.43. The minimum absolute atomic E-state index is 0.123. The largest absolute Gasteiger partial charge is 0.484 e. The van der Waals surface area contributed by atoms with E-state index in [1.807, 2.05) is 17.5 Å². The van der Waals surface area contributed by atoms with E-state index in [2.05, 4.69) is 10.3 Å². The Morgan fingerprint density at radius 2 is 2.33 bits per heavy atom. The number of nitrogens with zero attached hydrogens (tertiary/aromatic N) is 2. The van der Waals surface area contributed by atoms with Crippen LogP contribution in [0.2, 0.25) is 0 Å². The van der Waals surface area contributed by atoms with Crippen LogP contribution in [0.15, 0.2) is 35.7 Å². The Bertz CT molecular complexity index is 803. The molecule has 0 saturated heterocycles. The third-order valence-electron chi connectivity index (χ3n) is 2.60. The zero-order chi connectivity index (χ0) is 14.7. The summed E-state index contributed by atoms with van der Waals surface area (Å²) in [6, 6.07) is 10.6. The number of ether oxygens (including phenoxy) is 1. The Morgan fingerprint density at radius 3 is 3.14 bits per heavy atom. The second kappa shape index (κ2) is 5.91.